The number of halogens is 3. The lowest BCUT2D eigenvalue weighted by molar-refractivity contribution is -0.142. The van der Waals surface area contributed by atoms with E-state index in [1.165, 1.54) is 41.4 Å². The highest BCUT2D eigenvalue weighted by molar-refractivity contribution is 6.41. The highest BCUT2D eigenvalue weighted by atomic mass is 19.1. The number of hydrogen-bond acceptors (Lipinski definition) is 6. The molecule has 1 aliphatic rings. The van der Waals surface area contributed by atoms with E-state index in [-0.39, 0.29) is 48.3 Å². The van der Waals surface area contributed by atoms with Crippen molar-refractivity contribution >= 4 is 23.1 Å². The van der Waals surface area contributed by atoms with E-state index in [1.54, 1.807) is 18.6 Å². The number of amides is 1. The van der Waals surface area contributed by atoms with Gasteiger partial charge in [0.25, 0.3) is 11.5 Å². The molecule has 244 valence electrons. The molecule has 1 aliphatic heterocycles. The Hall–Kier alpha value is -5.91. The highest BCUT2D eigenvalue weighted by Crippen LogP contribution is 2.21. The van der Waals surface area contributed by atoms with Crippen molar-refractivity contribution in [1.29, 1.82) is 0 Å². The Kier molecular flexibility index (Phi) is 9.24. The van der Waals surface area contributed by atoms with Gasteiger partial charge in [0.05, 0.1) is 18.4 Å². The molecular weight excluding hydrogens is 623 g/mol. The number of carbonyl (C=O) groups excluding carboxylic acids is 2. The lowest BCUT2D eigenvalue weighted by atomic mass is 10.0. The van der Waals surface area contributed by atoms with Crippen molar-refractivity contribution < 1.29 is 27.9 Å². The lowest BCUT2D eigenvalue weighted by Gasteiger charge is -2.35. The summed E-state index contributed by atoms with van der Waals surface area (Å²) in [6.45, 7) is 1.18. The third-order valence-corrected chi connectivity index (χ3v) is 8.22. The number of nitrogens with zero attached hydrogens (tertiary/aromatic N) is 5. The van der Waals surface area contributed by atoms with Crippen LogP contribution in [0.2, 0.25) is 0 Å². The summed E-state index contributed by atoms with van der Waals surface area (Å²) in [6.07, 6.45) is 6.91. The summed E-state index contributed by atoms with van der Waals surface area (Å²) in [5.41, 5.74) is 0.814. The van der Waals surface area contributed by atoms with E-state index < -0.39 is 40.5 Å². The number of aliphatic hydroxyl groups is 1. The molecule has 0 radical (unpaired) electrons. The van der Waals surface area contributed by atoms with E-state index >= 15 is 0 Å². The molecule has 0 unspecified atom stereocenters. The van der Waals surface area contributed by atoms with Gasteiger partial charge in [0.15, 0.2) is 0 Å². The van der Waals surface area contributed by atoms with Gasteiger partial charge >= 0.3 is 0 Å². The summed E-state index contributed by atoms with van der Waals surface area (Å²) in [6, 6.07) is 18.2. The maximum absolute atomic E-state index is 14.5. The third kappa shape index (κ3) is 6.92. The average Bonchev–Trinajstić information content (AvgIpc) is 3.64. The molecule has 0 bridgehead atoms. The van der Waals surface area contributed by atoms with Crippen LogP contribution >= 0.6 is 0 Å². The molecule has 3 aromatic carbocycles. The van der Waals surface area contributed by atoms with Gasteiger partial charge in [0.2, 0.25) is 5.78 Å². The van der Waals surface area contributed by atoms with Gasteiger partial charge in [-0.15, -0.1) is 0 Å². The van der Waals surface area contributed by atoms with Crippen LogP contribution in [0.15, 0.2) is 109 Å². The fourth-order valence-corrected chi connectivity index (χ4v) is 5.65. The van der Waals surface area contributed by atoms with E-state index in [1.807, 2.05) is 35.0 Å². The zero-order valence-corrected chi connectivity index (χ0v) is 25.6. The van der Waals surface area contributed by atoms with E-state index in [2.05, 4.69) is 9.88 Å². The number of aromatic nitrogens is 3. The van der Waals surface area contributed by atoms with Crippen LogP contribution < -0.4 is 10.5 Å². The Bertz CT molecular complexity index is 2030. The summed E-state index contributed by atoms with van der Waals surface area (Å²) in [7, 11) is 0. The largest absolute Gasteiger partial charge is 0.507 e. The molecule has 1 saturated heterocycles. The molecular formula is C36H30F3N5O4. The Morgan fingerprint density at radius 2 is 1.52 bits per heavy atom. The average molecular weight is 654 g/mol. The molecule has 5 aromatic rings. The number of aliphatic hydroxyl groups excluding tert-OH is 1. The number of rotatable bonds is 9. The fourth-order valence-electron chi connectivity index (χ4n) is 5.65. The first-order valence-electron chi connectivity index (χ1n) is 15.1. The van der Waals surface area contributed by atoms with E-state index in [4.69, 9.17) is 0 Å². The van der Waals surface area contributed by atoms with Crippen molar-refractivity contribution in [2.75, 3.05) is 31.1 Å². The Morgan fingerprint density at radius 1 is 0.854 bits per heavy atom. The number of carbonyl (C=O) groups is 2. The van der Waals surface area contributed by atoms with Crippen molar-refractivity contribution in [2.45, 2.75) is 13.0 Å². The van der Waals surface area contributed by atoms with Crippen LogP contribution in [0.3, 0.4) is 0 Å². The van der Waals surface area contributed by atoms with Gasteiger partial charge < -0.3 is 24.0 Å². The Balaban J connectivity index is 1.20. The van der Waals surface area contributed by atoms with Gasteiger partial charge in [-0.25, -0.2) is 18.2 Å². The van der Waals surface area contributed by atoms with E-state index in [0.29, 0.717) is 19.2 Å². The van der Waals surface area contributed by atoms with Crippen molar-refractivity contribution in [2.24, 2.45) is 0 Å². The molecule has 0 atom stereocenters. The number of pyridine rings is 1. The van der Waals surface area contributed by atoms with Crippen molar-refractivity contribution in [3.05, 3.63) is 154 Å². The minimum Gasteiger partial charge on any atom is -0.507 e. The minimum atomic E-state index is -1.05. The fraction of sp³-hybridized carbons (Fsp3) is 0.167. The second-order valence-corrected chi connectivity index (χ2v) is 11.3. The van der Waals surface area contributed by atoms with Gasteiger partial charge in [0, 0.05) is 79.8 Å². The predicted octanol–water partition coefficient (Wildman–Crippen LogP) is 4.91. The molecule has 1 N–H and O–H groups in total. The van der Waals surface area contributed by atoms with E-state index in [9.17, 15) is 32.7 Å². The first kappa shape index (κ1) is 32.0. The quantitative estimate of drug-likeness (QED) is 0.138. The van der Waals surface area contributed by atoms with Gasteiger partial charge in [-0.1, -0.05) is 24.3 Å². The Morgan fingerprint density at radius 3 is 2.19 bits per heavy atom. The van der Waals surface area contributed by atoms with Crippen LogP contribution in [0, 0.1) is 17.5 Å². The number of imidazole rings is 1. The zero-order valence-electron chi connectivity index (χ0n) is 25.6. The zero-order chi connectivity index (χ0) is 33.8. The SMILES string of the molecule is O=C(C=C(O)c1cc(Cc2c(F)cccc2F)cn(Cc2ccccc2F)c1=O)C(=O)N1CCN(c2ccc(-n3ccnc3)cc2)CC1. The van der Waals surface area contributed by atoms with Gasteiger partial charge in [0.1, 0.15) is 23.2 Å². The summed E-state index contributed by atoms with van der Waals surface area (Å²) in [5, 5.41) is 11.0. The molecule has 2 aromatic heterocycles. The van der Waals surface area contributed by atoms with Crippen LogP contribution in [-0.4, -0.2) is 62.0 Å². The number of ketones is 1. The summed E-state index contributed by atoms with van der Waals surface area (Å²) in [4.78, 5) is 47.1. The molecule has 1 fully saturated rings. The molecule has 3 heterocycles. The van der Waals surface area contributed by atoms with Crippen LogP contribution in [0.25, 0.3) is 11.4 Å². The van der Waals surface area contributed by atoms with Crippen molar-refractivity contribution in [3.8, 4) is 5.69 Å². The maximum Gasteiger partial charge on any atom is 0.294 e. The van der Waals surface area contributed by atoms with Crippen LogP contribution in [-0.2, 0) is 22.6 Å². The number of anilines is 1. The topological polar surface area (TPSA) is 101 Å². The van der Waals surface area contributed by atoms with Crippen LogP contribution in [0.4, 0.5) is 18.9 Å². The second kappa shape index (κ2) is 13.8. The van der Waals surface area contributed by atoms with Crippen LogP contribution in [0.1, 0.15) is 22.3 Å². The molecule has 48 heavy (non-hydrogen) atoms. The molecule has 9 nitrogen and oxygen atoms in total. The monoisotopic (exact) mass is 653 g/mol. The minimum absolute atomic E-state index is 0.155. The van der Waals surface area contributed by atoms with Gasteiger partial charge in [-0.3, -0.25) is 14.4 Å². The predicted molar refractivity (Wildman–Crippen MR) is 173 cm³/mol. The number of piperazine rings is 1. The summed E-state index contributed by atoms with van der Waals surface area (Å²) in [5.74, 6) is -4.90. The standard InChI is InChI=1S/C36H30F3N5O4/c37-30-5-2-1-4-25(30)22-44-21-24(18-28-31(38)6-3-7-32(28)39)19-29(35(44)47)33(45)20-34(46)36(48)42-16-14-41(15-17-42)26-8-10-27(11-9-26)43-13-12-40-23-43/h1-13,19-21,23,45H,14-18,22H2. The third-order valence-electron chi connectivity index (χ3n) is 8.22. The number of benzene rings is 3. The maximum atomic E-state index is 14.5. The summed E-state index contributed by atoms with van der Waals surface area (Å²) >= 11 is 0. The molecule has 1 amide bonds. The second-order valence-electron chi connectivity index (χ2n) is 11.3. The molecule has 0 saturated carbocycles. The smallest absolute Gasteiger partial charge is 0.294 e. The molecule has 0 spiro atoms. The normalized spacial score (nSPS) is 13.5. The molecule has 6 rings (SSSR count). The van der Waals surface area contributed by atoms with Crippen LogP contribution in [0.5, 0.6) is 0 Å². The van der Waals surface area contributed by atoms with Crippen molar-refractivity contribution in [3.63, 3.8) is 0 Å². The molecule has 12 heteroatoms. The summed E-state index contributed by atoms with van der Waals surface area (Å²) < 4.78 is 46.4. The van der Waals surface area contributed by atoms with Gasteiger partial charge in [-0.2, -0.15) is 0 Å². The Labute approximate surface area is 273 Å². The lowest BCUT2D eigenvalue weighted by Crippen LogP contribution is -2.50. The highest BCUT2D eigenvalue weighted by Gasteiger charge is 2.26. The van der Waals surface area contributed by atoms with Crippen molar-refractivity contribution in [1.82, 2.24) is 19.0 Å². The molecule has 0 aliphatic carbocycles. The number of hydrogen-bond donors (Lipinski definition) is 1. The van der Waals surface area contributed by atoms with E-state index in [0.717, 1.165) is 28.1 Å². The first-order valence-corrected chi connectivity index (χ1v) is 15.1. The first-order chi connectivity index (χ1) is 23.2. The van der Waals surface area contributed by atoms with Gasteiger partial charge in [-0.05, 0) is 54.1 Å².